The molecule has 0 bridgehead atoms. The van der Waals surface area contributed by atoms with Gasteiger partial charge in [0.05, 0.1) is 5.69 Å². The van der Waals surface area contributed by atoms with Crippen LogP contribution in [0.15, 0.2) is 64.3 Å². The Labute approximate surface area is 149 Å². The van der Waals surface area contributed by atoms with Crippen LogP contribution < -0.4 is 5.56 Å². The molecule has 4 heterocycles. The fourth-order valence-electron chi connectivity index (χ4n) is 2.45. The van der Waals surface area contributed by atoms with Crippen LogP contribution in [0.3, 0.4) is 0 Å². The van der Waals surface area contributed by atoms with E-state index in [-0.39, 0.29) is 17.9 Å². The maximum absolute atomic E-state index is 12.2. The highest BCUT2D eigenvalue weighted by molar-refractivity contribution is 9.10. The second-order valence-corrected chi connectivity index (χ2v) is 6.25. The molecule has 4 rings (SSSR count). The quantitative estimate of drug-likeness (QED) is 0.495. The maximum Gasteiger partial charge on any atom is 0.358 e. The topological polar surface area (TPSA) is 78.0 Å². The van der Waals surface area contributed by atoms with Crippen molar-refractivity contribution in [2.75, 3.05) is 0 Å². The number of hydrogen-bond donors (Lipinski definition) is 0. The number of aromatic nitrogens is 4. The van der Waals surface area contributed by atoms with Crippen LogP contribution in [-0.4, -0.2) is 24.7 Å². The third kappa shape index (κ3) is 3.03. The Kier molecular flexibility index (Phi) is 3.81. The zero-order chi connectivity index (χ0) is 17.4. The van der Waals surface area contributed by atoms with E-state index < -0.39 is 5.97 Å². The second kappa shape index (κ2) is 6.14. The second-order valence-electron chi connectivity index (χ2n) is 5.33. The molecule has 8 heteroatoms. The molecule has 0 radical (unpaired) electrons. The van der Waals surface area contributed by atoms with Crippen molar-refractivity contribution in [3.05, 3.63) is 81.2 Å². The molecule has 0 spiro atoms. The molecule has 0 aromatic carbocycles. The van der Waals surface area contributed by atoms with E-state index in [1.54, 1.807) is 41.2 Å². The predicted molar refractivity (Wildman–Crippen MR) is 93.5 cm³/mol. The van der Waals surface area contributed by atoms with Crippen LogP contribution in [0.1, 0.15) is 16.2 Å². The molecule has 0 N–H and O–H groups in total. The van der Waals surface area contributed by atoms with Gasteiger partial charge in [-0.1, -0.05) is 6.07 Å². The van der Waals surface area contributed by atoms with E-state index in [1.807, 2.05) is 12.1 Å². The van der Waals surface area contributed by atoms with Crippen molar-refractivity contribution >= 4 is 33.2 Å². The molecule has 0 fully saturated rings. The summed E-state index contributed by atoms with van der Waals surface area (Å²) in [5.74, 6) is -0.568. The Morgan fingerprint density at radius 1 is 1.12 bits per heavy atom. The average molecular weight is 399 g/mol. The normalized spacial score (nSPS) is 11.1. The average Bonchev–Trinajstić information content (AvgIpc) is 3.04. The summed E-state index contributed by atoms with van der Waals surface area (Å²) in [4.78, 5) is 32.8. The first-order valence-corrected chi connectivity index (χ1v) is 8.18. The predicted octanol–water partition coefficient (Wildman–Crippen LogP) is 2.46. The smallest absolute Gasteiger partial charge is 0.358 e. The van der Waals surface area contributed by atoms with Crippen molar-refractivity contribution in [2.24, 2.45) is 0 Å². The van der Waals surface area contributed by atoms with Gasteiger partial charge in [-0.05, 0) is 40.2 Å². The number of carbonyl (C=O) groups excluding carboxylic acids is 1. The molecule has 0 aliphatic rings. The summed E-state index contributed by atoms with van der Waals surface area (Å²) in [6, 6.07) is 10.3. The molecule has 0 amide bonds. The summed E-state index contributed by atoms with van der Waals surface area (Å²) < 4.78 is 9.16. The Balaban J connectivity index is 1.56. The van der Waals surface area contributed by atoms with E-state index in [2.05, 4.69) is 25.9 Å². The zero-order valence-electron chi connectivity index (χ0n) is 12.8. The van der Waals surface area contributed by atoms with Crippen molar-refractivity contribution in [3.63, 3.8) is 0 Å². The SMILES string of the molecule is O=C(OCc1cc(=O)n2cc(Br)ccc2n1)c1cn2ccccc2n1. The highest BCUT2D eigenvalue weighted by atomic mass is 79.9. The number of ether oxygens (including phenoxy) is 1. The molecule has 124 valence electrons. The van der Waals surface area contributed by atoms with Crippen LogP contribution in [0, 0.1) is 0 Å². The Morgan fingerprint density at radius 3 is 2.84 bits per heavy atom. The van der Waals surface area contributed by atoms with Crippen molar-refractivity contribution in [3.8, 4) is 0 Å². The Hall–Kier alpha value is -3.00. The number of hydrogen-bond acceptors (Lipinski definition) is 5. The molecule has 4 aromatic heterocycles. The first-order valence-electron chi connectivity index (χ1n) is 7.39. The van der Waals surface area contributed by atoms with Crippen LogP contribution >= 0.6 is 15.9 Å². The molecular formula is C17H11BrN4O3. The summed E-state index contributed by atoms with van der Waals surface area (Å²) in [6.07, 6.45) is 5.03. The first-order chi connectivity index (χ1) is 12.1. The summed E-state index contributed by atoms with van der Waals surface area (Å²) in [7, 11) is 0. The van der Waals surface area contributed by atoms with Gasteiger partial charge in [-0.15, -0.1) is 0 Å². The fourth-order valence-corrected chi connectivity index (χ4v) is 2.78. The van der Waals surface area contributed by atoms with Gasteiger partial charge in [0.15, 0.2) is 5.69 Å². The zero-order valence-corrected chi connectivity index (χ0v) is 14.4. The van der Waals surface area contributed by atoms with Crippen LogP contribution in [0.5, 0.6) is 0 Å². The van der Waals surface area contributed by atoms with E-state index in [4.69, 9.17) is 4.74 Å². The largest absolute Gasteiger partial charge is 0.454 e. The summed E-state index contributed by atoms with van der Waals surface area (Å²) >= 11 is 3.31. The number of imidazole rings is 1. The minimum atomic E-state index is -0.568. The summed E-state index contributed by atoms with van der Waals surface area (Å²) in [5.41, 5.74) is 1.47. The van der Waals surface area contributed by atoms with Crippen LogP contribution in [0.25, 0.3) is 11.3 Å². The number of nitrogens with zero attached hydrogens (tertiary/aromatic N) is 4. The molecule has 4 aromatic rings. The number of pyridine rings is 2. The molecule has 0 atom stereocenters. The Bertz CT molecular complexity index is 1130. The van der Waals surface area contributed by atoms with Gasteiger partial charge in [-0.25, -0.2) is 14.8 Å². The molecule has 0 aliphatic carbocycles. The minimum absolute atomic E-state index is 0.103. The highest BCUT2D eigenvalue weighted by Crippen LogP contribution is 2.11. The highest BCUT2D eigenvalue weighted by Gasteiger charge is 2.13. The van der Waals surface area contributed by atoms with Gasteiger partial charge in [-0.3, -0.25) is 9.20 Å². The minimum Gasteiger partial charge on any atom is -0.454 e. The third-order valence-corrected chi connectivity index (χ3v) is 4.07. The van der Waals surface area contributed by atoms with Gasteiger partial charge in [0.2, 0.25) is 0 Å². The third-order valence-electron chi connectivity index (χ3n) is 3.60. The van der Waals surface area contributed by atoms with E-state index in [0.717, 1.165) is 4.47 Å². The van der Waals surface area contributed by atoms with E-state index in [9.17, 15) is 9.59 Å². The number of fused-ring (bicyclic) bond motifs is 2. The number of esters is 1. The molecule has 0 saturated heterocycles. The molecule has 0 unspecified atom stereocenters. The fraction of sp³-hybridized carbons (Fsp3) is 0.0588. The molecular weight excluding hydrogens is 388 g/mol. The number of halogens is 1. The summed E-state index contributed by atoms with van der Waals surface area (Å²) in [5, 5.41) is 0. The van der Waals surface area contributed by atoms with Gasteiger partial charge in [0, 0.05) is 29.1 Å². The number of rotatable bonds is 3. The van der Waals surface area contributed by atoms with Crippen LogP contribution in [0.4, 0.5) is 0 Å². The standard InChI is InChI=1S/C17H11BrN4O3/c18-11-4-5-15-19-12(7-16(23)22(15)8-11)10-25-17(24)13-9-21-6-2-1-3-14(21)20-13/h1-9H,10H2. The van der Waals surface area contributed by atoms with Gasteiger partial charge >= 0.3 is 5.97 Å². The monoisotopic (exact) mass is 398 g/mol. The van der Waals surface area contributed by atoms with Crippen molar-refractivity contribution in [2.45, 2.75) is 6.61 Å². The van der Waals surface area contributed by atoms with E-state index >= 15 is 0 Å². The lowest BCUT2D eigenvalue weighted by Gasteiger charge is -2.05. The first kappa shape index (κ1) is 15.5. The lowest BCUT2D eigenvalue weighted by atomic mass is 10.4. The van der Waals surface area contributed by atoms with Crippen LogP contribution in [-0.2, 0) is 11.3 Å². The Morgan fingerprint density at radius 2 is 2.00 bits per heavy atom. The number of carbonyl (C=O) groups is 1. The van der Waals surface area contributed by atoms with E-state index in [1.165, 1.54) is 10.5 Å². The summed E-state index contributed by atoms with van der Waals surface area (Å²) in [6.45, 7) is -0.103. The van der Waals surface area contributed by atoms with Crippen molar-refractivity contribution in [1.82, 2.24) is 18.8 Å². The maximum atomic E-state index is 12.2. The lowest BCUT2D eigenvalue weighted by molar-refractivity contribution is 0.0461. The van der Waals surface area contributed by atoms with Gasteiger partial charge < -0.3 is 9.14 Å². The van der Waals surface area contributed by atoms with Gasteiger partial charge in [0.1, 0.15) is 17.9 Å². The van der Waals surface area contributed by atoms with Gasteiger partial charge in [-0.2, -0.15) is 0 Å². The molecule has 0 aliphatic heterocycles. The van der Waals surface area contributed by atoms with Crippen LogP contribution in [0.2, 0.25) is 0 Å². The van der Waals surface area contributed by atoms with Crippen molar-refractivity contribution < 1.29 is 9.53 Å². The van der Waals surface area contributed by atoms with Gasteiger partial charge in [0.25, 0.3) is 5.56 Å². The molecule has 7 nitrogen and oxygen atoms in total. The van der Waals surface area contributed by atoms with Crippen molar-refractivity contribution in [1.29, 1.82) is 0 Å². The van der Waals surface area contributed by atoms with E-state index in [0.29, 0.717) is 17.0 Å². The lowest BCUT2D eigenvalue weighted by Crippen LogP contribution is -2.16. The molecule has 0 saturated carbocycles. The molecule has 25 heavy (non-hydrogen) atoms.